The maximum absolute atomic E-state index is 11.9. The van der Waals surface area contributed by atoms with Gasteiger partial charge in [0.2, 0.25) is 0 Å². The molecule has 0 radical (unpaired) electrons. The first-order chi connectivity index (χ1) is 11.8. The number of hydrogen-bond donors (Lipinski definition) is 2. The number of hydrogen-bond acceptors (Lipinski definition) is 6. The maximum Gasteiger partial charge on any atom is 0.407 e. The van der Waals surface area contributed by atoms with Crippen molar-refractivity contribution in [2.45, 2.75) is 33.0 Å². The Morgan fingerprint density at radius 3 is 2.44 bits per heavy atom. The molecule has 0 aromatic heterocycles. The monoisotopic (exact) mass is 352 g/mol. The lowest BCUT2D eigenvalue weighted by Crippen LogP contribution is -2.41. The zero-order valence-corrected chi connectivity index (χ0v) is 15.2. The third-order valence-electron chi connectivity index (χ3n) is 3.11. The molecule has 0 aliphatic carbocycles. The van der Waals surface area contributed by atoms with E-state index >= 15 is 0 Å². The standard InChI is InChI=1S/C18H28N2O5/c1-18(2,3)25-17(23)19-9-10-20(11-12-21)13-16(22)24-14-15-7-5-4-6-8-15/h4-8,21H,9-14H2,1-3H3,(H,19,23). The number of aliphatic hydroxyl groups excluding tert-OH is 1. The molecule has 25 heavy (non-hydrogen) atoms. The molecule has 1 aromatic carbocycles. The van der Waals surface area contributed by atoms with Gasteiger partial charge in [-0.25, -0.2) is 4.79 Å². The second kappa shape index (κ2) is 10.7. The number of carbonyl (C=O) groups is 2. The van der Waals surface area contributed by atoms with Crippen LogP contribution < -0.4 is 5.32 Å². The van der Waals surface area contributed by atoms with Gasteiger partial charge in [0.1, 0.15) is 12.2 Å². The number of carbonyl (C=O) groups excluding carboxylic acids is 2. The lowest BCUT2D eigenvalue weighted by atomic mass is 10.2. The van der Waals surface area contributed by atoms with E-state index in [1.54, 1.807) is 25.7 Å². The Kier molecular flexibility index (Phi) is 8.94. The van der Waals surface area contributed by atoms with Crippen LogP contribution in [0.2, 0.25) is 0 Å². The summed E-state index contributed by atoms with van der Waals surface area (Å²) in [5.41, 5.74) is 0.354. The van der Waals surface area contributed by atoms with Crippen LogP contribution >= 0.6 is 0 Å². The molecular formula is C18H28N2O5. The summed E-state index contributed by atoms with van der Waals surface area (Å²) in [6.45, 7) is 6.55. The fraction of sp³-hybridized carbons (Fsp3) is 0.556. The summed E-state index contributed by atoms with van der Waals surface area (Å²) in [6.07, 6.45) is -0.511. The molecule has 0 spiro atoms. The molecule has 7 nitrogen and oxygen atoms in total. The van der Waals surface area contributed by atoms with Crippen LogP contribution in [0.3, 0.4) is 0 Å². The molecule has 0 unspecified atom stereocenters. The summed E-state index contributed by atoms with van der Waals surface area (Å²) < 4.78 is 10.4. The van der Waals surface area contributed by atoms with E-state index in [0.717, 1.165) is 5.56 Å². The van der Waals surface area contributed by atoms with Crippen molar-refractivity contribution in [3.8, 4) is 0 Å². The van der Waals surface area contributed by atoms with E-state index in [2.05, 4.69) is 5.32 Å². The van der Waals surface area contributed by atoms with Crippen molar-refractivity contribution in [3.63, 3.8) is 0 Å². The van der Waals surface area contributed by atoms with Crippen LogP contribution in [0.15, 0.2) is 30.3 Å². The van der Waals surface area contributed by atoms with Crippen molar-refractivity contribution in [2.75, 3.05) is 32.8 Å². The molecule has 1 aromatic rings. The molecule has 0 fully saturated rings. The van der Waals surface area contributed by atoms with Crippen molar-refractivity contribution in [2.24, 2.45) is 0 Å². The van der Waals surface area contributed by atoms with E-state index in [0.29, 0.717) is 19.6 Å². The number of nitrogens with one attached hydrogen (secondary N) is 1. The van der Waals surface area contributed by atoms with Gasteiger partial charge in [-0.2, -0.15) is 0 Å². The molecule has 0 bridgehead atoms. The highest BCUT2D eigenvalue weighted by Gasteiger charge is 2.16. The van der Waals surface area contributed by atoms with Gasteiger partial charge in [-0.15, -0.1) is 0 Å². The van der Waals surface area contributed by atoms with Gasteiger partial charge in [-0.1, -0.05) is 30.3 Å². The Labute approximate surface area is 148 Å². The number of aliphatic hydroxyl groups is 1. The van der Waals surface area contributed by atoms with Crippen LogP contribution in [-0.2, 0) is 20.9 Å². The highest BCUT2D eigenvalue weighted by Crippen LogP contribution is 2.06. The number of ether oxygens (including phenoxy) is 2. The van der Waals surface area contributed by atoms with Crippen molar-refractivity contribution in [3.05, 3.63) is 35.9 Å². The molecular weight excluding hydrogens is 324 g/mol. The van der Waals surface area contributed by atoms with Crippen molar-refractivity contribution in [1.82, 2.24) is 10.2 Å². The van der Waals surface area contributed by atoms with Crippen LogP contribution in [0.1, 0.15) is 26.3 Å². The number of amides is 1. The summed E-state index contributed by atoms with van der Waals surface area (Å²) in [6, 6.07) is 9.41. The Morgan fingerprint density at radius 2 is 1.84 bits per heavy atom. The number of alkyl carbamates (subject to hydrolysis) is 1. The van der Waals surface area contributed by atoms with E-state index in [1.165, 1.54) is 0 Å². The molecule has 0 atom stereocenters. The molecule has 140 valence electrons. The number of esters is 1. The molecule has 7 heteroatoms. The normalized spacial score (nSPS) is 11.2. The minimum Gasteiger partial charge on any atom is -0.460 e. The Bertz CT molecular complexity index is 528. The van der Waals surface area contributed by atoms with Crippen molar-refractivity contribution in [1.29, 1.82) is 0 Å². The molecule has 2 N–H and O–H groups in total. The average Bonchev–Trinajstić information content (AvgIpc) is 2.52. The quantitative estimate of drug-likeness (QED) is 0.656. The molecule has 1 rings (SSSR count). The first-order valence-electron chi connectivity index (χ1n) is 8.30. The zero-order chi connectivity index (χ0) is 18.7. The smallest absolute Gasteiger partial charge is 0.407 e. The Balaban J connectivity index is 2.32. The van der Waals surface area contributed by atoms with E-state index < -0.39 is 11.7 Å². The Hall–Kier alpha value is -2.12. The van der Waals surface area contributed by atoms with Gasteiger partial charge in [-0.05, 0) is 26.3 Å². The van der Waals surface area contributed by atoms with Gasteiger partial charge >= 0.3 is 12.1 Å². The molecule has 0 heterocycles. The zero-order valence-electron chi connectivity index (χ0n) is 15.2. The number of benzene rings is 1. The largest absolute Gasteiger partial charge is 0.460 e. The van der Waals surface area contributed by atoms with Crippen LogP contribution in [0.5, 0.6) is 0 Å². The SMILES string of the molecule is CC(C)(C)OC(=O)NCCN(CCO)CC(=O)OCc1ccccc1. The maximum atomic E-state index is 11.9. The van der Waals surface area contributed by atoms with Crippen LogP contribution in [0.4, 0.5) is 4.79 Å². The average molecular weight is 352 g/mol. The second-order valence-electron chi connectivity index (χ2n) is 6.57. The fourth-order valence-corrected chi connectivity index (χ4v) is 2.01. The van der Waals surface area contributed by atoms with Crippen molar-refractivity contribution >= 4 is 12.1 Å². The summed E-state index contributed by atoms with van der Waals surface area (Å²) in [5, 5.41) is 11.7. The number of nitrogens with zero attached hydrogens (tertiary/aromatic N) is 1. The summed E-state index contributed by atoms with van der Waals surface area (Å²) in [5.74, 6) is -0.380. The first kappa shape index (κ1) is 20.9. The van der Waals surface area contributed by atoms with Gasteiger partial charge < -0.3 is 19.9 Å². The number of rotatable bonds is 9. The van der Waals surface area contributed by atoms with E-state index in [4.69, 9.17) is 14.6 Å². The molecule has 0 aliphatic heterocycles. The molecule has 0 saturated carbocycles. The first-order valence-corrected chi connectivity index (χ1v) is 8.30. The van der Waals surface area contributed by atoms with E-state index in [-0.39, 0.29) is 25.7 Å². The van der Waals surface area contributed by atoms with Crippen LogP contribution in [0.25, 0.3) is 0 Å². The summed E-state index contributed by atoms with van der Waals surface area (Å²) >= 11 is 0. The van der Waals surface area contributed by atoms with E-state index in [1.807, 2.05) is 30.3 Å². The highest BCUT2D eigenvalue weighted by atomic mass is 16.6. The fourth-order valence-electron chi connectivity index (χ4n) is 2.01. The van der Waals surface area contributed by atoms with Gasteiger partial charge in [0, 0.05) is 19.6 Å². The minimum atomic E-state index is -0.559. The van der Waals surface area contributed by atoms with E-state index in [9.17, 15) is 9.59 Å². The van der Waals surface area contributed by atoms with Gasteiger partial charge in [0.15, 0.2) is 0 Å². The molecule has 0 saturated heterocycles. The van der Waals surface area contributed by atoms with Gasteiger partial charge in [-0.3, -0.25) is 9.69 Å². The topological polar surface area (TPSA) is 88.1 Å². The second-order valence-corrected chi connectivity index (χ2v) is 6.57. The minimum absolute atomic E-state index is 0.0450. The van der Waals surface area contributed by atoms with Crippen LogP contribution in [0, 0.1) is 0 Å². The van der Waals surface area contributed by atoms with Crippen LogP contribution in [-0.4, -0.2) is 60.5 Å². The summed E-state index contributed by atoms with van der Waals surface area (Å²) in [4.78, 5) is 25.2. The molecule has 1 amide bonds. The highest BCUT2D eigenvalue weighted by molar-refractivity contribution is 5.71. The third kappa shape index (κ3) is 10.4. The lowest BCUT2D eigenvalue weighted by molar-refractivity contribution is -0.146. The van der Waals surface area contributed by atoms with Gasteiger partial charge in [0.05, 0.1) is 13.2 Å². The molecule has 0 aliphatic rings. The predicted molar refractivity (Wildman–Crippen MR) is 94.0 cm³/mol. The van der Waals surface area contributed by atoms with Crippen molar-refractivity contribution < 1.29 is 24.2 Å². The predicted octanol–water partition coefficient (Wildman–Crippen LogP) is 1.55. The third-order valence-corrected chi connectivity index (χ3v) is 3.11. The summed E-state index contributed by atoms with van der Waals surface area (Å²) in [7, 11) is 0. The van der Waals surface area contributed by atoms with Gasteiger partial charge in [0.25, 0.3) is 0 Å². The lowest BCUT2D eigenvalue weighted by Gasteiger charge is -2.22. The Morgan fingerprint density at radius 1 is 1.16 bits per heavy atom.